The van der Waals surface area contributed by atoms with E-state index in [-0.39, 0.29) is 35.5 Å². The Morgan fingerprint density at radius 1 is 1.32 bits per heavy atom. The number of carbonyl (C=O) groups excluding carboxylic acids is 2. The number of nitrogen functional groups attached to an aromatic ring is 1. The molecule has 0 saturated heterocycles. The minimum absolute atomic E-state index is 0.0131. The third-order valence-corrected chi connectivity index (χ3v) is 4.47. The molecule has 25 heavy (non-hydrogen) atoms. The first-order chi connectivity index (χ1) is 11.9. The lowest BCUT2D eigenvalue weighted by Gasteiger charge is -2.33. The quantitative estimate of drug-likeness (QED) is 0.365. The number of carbonyl (C=O) groups is 2. The standard InChI is InChI=1S/C17H23N3O5/c1-2-19(12-6-4-3-5-7-12)16(21)11-25-17(22)14-9-8-13(20(23)24)10-15(14)18/h8-10,12H,2-7,11,18H2,1H3. The fraction of sp³-hybridized carbons (Fsp3) is 0.529. The second-order valence-corrected chi connectivity index (χ2v) is 6.08. The van der Waals surface area contributed by atoms with Crippen molar-refractivity contribution >= 4 is 23.3 Å². The second-order valence-electron chi connectivity index (χ2n) is 6.08. The van der Waals surface area contributed by atoms with Crippen LogP contribution in [0.1, 0.15) is 49.4 Å². The van der Waals surface area contributed by atoms with Crippen molar-refractivity contribution in [2.75, 3.05) is 18.9 Å². The molecule has 2 N–H and O–H groups in total. The SMILES string of the molecule is CCN(C(=O)COC(=O)c1ccc([N+](=O)[O-])cc1N)C1CCCCC1. The average Bonchev–Trinajstić information content (AvgIpc) is 2.61. The van der Waals surface area contributed by atoms with E-state index in [1.807, 2.05) is 6.92 Å². The Hall–Kier alpha value is -2.64. The van der Waals surface area contributed by atoms with Crippen LogP contribution >= 0.6 is 0 Å². The Morgan fingerprint density at radius 3 is 2.56 bits per heavy atom. The van der Waals surface area contributed by atoms with E-state index in [0.717, 1.165) is 31.7 Å². The molecule has 0 radical (unpaired) electrons. The lowest BCUT2D eigenvalue weighted by molar-refractivity contribution is -0.384. The maximum atomic E-state index is 12.4. The fourth-order valence-corrected chi connectivity index (χ4v) is 3.17. The van der Waals surface area contributed by atoms with E-state index in [0.29, 0.717) is 6.54 Å². The number of anilines is 1. The molecular formula is C17H23N3O5. The summed E-state index contributed by atoms with van der Waals surface area (Å²) in [7, 11) is 0. The van der Waals surface area contributed by atoms with Gasteiger partial charge >= 0.3 is 5.97 Å². The number of likely N-dealkylation sites (N-methyl/N-ethyl adjacent to an activating group) is 1. The Balaban J connectivity index is 1.96. The van der Waals surface area contributed by atoms with E-state index in [4.69, 9.17) is 10.5 Å². The minimum Gasteiger partial charge on any atom is -0.452 e. The van der Waals surface area contributed by atoms with Gasteiger partial charge in [-0.25, -0.2) is 4.79 Å². The highest BCUT2D eigenvalue weighted by Crippen LogP contribution is 2.23. The zero-order valence-electron chi connectivity index (χ0n) is 14.3. The van der Waals surface area contributed by atoms with Crippen LogP contribution in [0.5, 0.6) is 0 Å². The summed E-state index contributed by atoms with van der Waals surface area (Å²) in [6.45, 7) is 2.11. The van der Waals surface area contributed by atoms with Gasteiger partial charge in [0.1, 0.15) is 0 Å². The third-order valence-electron chi connectivity index (χ3n) is 4.47. The van der Waals surface area contributed by atoms with Crippen LogP contribution in [0.2, 0.25) is 0 Å². The molecule has 8 nitrogen and oxygen atoms in total. The van der Waals surface area contributed by atoms with E-state index in [1.54, 1.807) is 4.90 Å². The number of esters is 1. The molecule has 1 aliphatic carbocycles. The van der Waals surface area contributed by atoms with Crippen LogP contribution in [0.3, 0.4) is 0 Å². The van der Waals surface area contributed by atoms with Crippen LogP contribution < -0.4 is 5.73 Å². The predicted molar refractivity (Wildman–Crippen MR) is 92.1 cm³/mol. The molecule has 136 valence electrons. The zero-order chi connectivity index (χ0) is 18.4. The first-order valence-corrected chi connectivity index (χ1v) is 8.44. The molecule has 1 saturated carbocycles. The van der Waals surface area contributed by atoms with Crippen molar-refractivity contribution in [1.82, 2.24) is 4.90 Å². The molecule has 0 spiro atoms. The maximum Gasteiger partial charge on any atom is 0.340 e. The highest BCUT2D eigenvalue weighted by atomic mass is 16.6. The molecule has 1 aromatic rings. The molecule has 0 heterocycles. The molecule has 1 amide bonds. The van der Waals surface area contributed by atoms with Gasteiger partial charge in [0, 0.05) is 24.7 Å². The van der Waals surface area contributed by atoms with E-state index in [2.05, 4.69) is 0 Å². The summed E-state index contributed by atoms with van der Waals surface area (Å²) < 4.78 is 5.06. The van der Waals surface area contributed by atoms with Gasteiger partial charge in [-0.05, 0) is 25.8 Å². The molecule has 1 aromatic carbocycles. The Labute approximate surface area is 146 Å². The molecule has 0 aromatic heterocycles. The van der Waals surface area contributed by atoms with Gasteiger partial charge in [-0.3, -0.25) is 14.9 Å². The van der Waals surface area contributed by atoms with Gasteiger partial charge in [-0.2, -0.15) is 0 Å². The monoisotopic (exact) mass is 349 g/mol. The molecule has 0 unspecified atom stereocenters. The molecule has 0 aliphatic heterocycles. The lowest BCUT2D eigenvalue weighted by atomic mass is 9.94. The molecule has 0 atom stereocenters. The summed E-state index contributed by atoms with van der Waals surface area (Å²) in [6, 6.07) is 3.71. The Kier molecular flexibility index (Phi) is 6.32. The van der Waals surface area contributed by atoms with Crippen LogP contribution in [0, 0.1) is 10.1 Å². The lowest BCUT2D eigenvalue weighted by Crippen LogP contribution is -2.43. The number of nitrogens with two attached hydrogens (primary N) is 1. The number of ether oxygens (including phenoxy) is 1. The van der Waals surface area contributed by atoms with Crippen LogP contribution in [-0.2, 0) is 9.53 Å². The van der Waals surface area contributed by atoms with Gasteiger partial charge < -0.3 is 15.4 Å². The van der Waals surface area contributed by atoms with Crippen molar-refractivity contribution in [3.63, 3.8) is 0 Å². The number of hydrogen-bond acceptors (Lipinski definition) is 6. The number of nitro benzene ring substituents is 1. The summed E-state index contributed by atoms with van der Waals surface area (Å²) in [5, 5.41) is 10.7. The van der Waals surface area contributed by atoms with E-state index < -0.39 is 10.9 Å². The van der Waals surface area contributed by atoms with Crippen molar-refractivity contribution in [1.29, 1.82) is 0 Å². The van der Waals surface area contributed by atoms with Crippen molar-refractivity contribution in [2.24, 2.45) is 0 Å². The molecule has 2 rings (SSSR count). The van der Waals surface area contributed by atoms with Crippen LogP contribution in [0.4, 0.5) is 11.4 Å². The smallest absolute Gasteiger partial charge is 0.340 e. The van der Waals surface area contributed by atoms with Crippen molar-refractivity contribution in [2.45, 2.75) is 45.1 Å². The summed E-state index contributed by atoms with van der Waals surface area (Å²) >= 11 is 0. The van der Waals surface area contributed by atoms with Gasteiger partial charge in [0.05, 0.1) is 16.2 Å². The first kappa shape index (κ1) is 18.7. The van der Waals surface area contributed by atoms with Gasteiger partial charge in [0.2, 0.25) is 0 Å². The molecule has 1 fully saturated rings. The summed E-state index contributed by atoms with van der Waals surface area (Å²) in [5.74, 6) is -0.997. The summed E-state index contributed by atoms with van der Waals surface area (Å²) in [6.07, 6.45) is 5.35. The summed E-state index contributed by atoms with van der Waals surface area (Å²) in [4.78, 5) is 36.3. The van der Waals surface area contributed by atoms with Crippen LogP contribution in [-0.4, -0.2) is 40.9 Å². The van der Waals surface area contributed by atoms with Crippen molar-refractivity contribution < 1.29 is 19.2 Å². The van der Waals surface area contributed by atoms with Gasteiger partial charge in [-0.15, -0.1) is 0 Å². The molecule has 0 bridgehead atoms. The Morgan fingerprint density at radius 2 is 2.00 bits per heavy atom. The van der Waals surface area contributed by atoms with Crippen LogP contribution in [0.25, 0.3) is 0 Å². The van der Waals surface area contributed by atoms with E-state index in [1.165, 1.54) is 18.6 Å². The number of hydrogen-bond donors (Lipinski definition) is 1. The molecular weight excluding hydrogens is 326 g/mol. The number of non-ortho nitro benzene ring substituents is 1. The van der Waals surface area contributed by atoms with Gasteiger partial charge in [-0.1, -0.05) is 19.3 Å². The zero-order valence-corrected chi connectivity index (χ0v) is 14.3. The van der Waals surface area contributed by atoms with E-state index >= 15 is 0 Å². The van der Waals surface area contributed by atoms with Gasteiger partial charge in [0.25, 0.3) is 11.6 Å². The number of benzene rings is 1. The fourth-order valence-electron chi connectivity index (χ4n) is 3.17. The van der Waals surface area contributed by atoms with E-state index in [9.17, 15) is 19.7 Å². The Bertz CT molecular complexity index is 656. The number of nitrogens with zero attached hydrogens (tertiary/aromatic N) is 2. The number of amides is 1. The van der Waals surface area contributed by atoms with Crippen molar-refractivity contribution in [3.05, 3.63) is 33.9 Å². The molecule has 8 heteroatoms. The number of nitro groups is 1. The molecule has 1 aliphatic rings. The maximum absolute atomic E-state index is 12.4. The highest BCUT2D eigenvalue weighted by molar-refractivity contribution is 5.96. The van der Waals surface area contributed by atoms with Crippen molar-refractivity contribution in [3.8, 4) is 0 Å². The topological polar surface area (TPSA) is 116 Å². The average molecular weight is 349 g/mol. The van der Waals surface area contributed by atoms with Gasteiger partial charge in [0.15, 0.2) is 6.61 Å². The minimum atomic E-state index is -0.763. The third kappa shape index (κ3) is 4.68. The largest absolute Gasteiger partial charge is 0.452 e. The predicted octanol–water partition coefficient (Wildman–Crippen LogP) is 2.52. The number of rotatable bonds is 6. The first-order valence-electron chi connectivity index (χ1n) is 8.44. The highest BCUT2D eigenvalue weighted by Gasteiger charge is 2.25. The summed E-state index contributed by atoms with van der Waals surface area (Å²) in [5.41, 5.74) is 5.42. The van der Waals surface area contributed by atoms with Crippen LogP contribution in [0.15, 0.2) is 18.2 Å². The normalized spacial score (nSPS) is 14.8. The second kappa shape index (κ2) is 8.46.